The molecule has 0 radical (unpaired) electrons. The molecule has 0 saturated carbocycles. The monoisotopic (exact) mass is 402 g/mol. The number of sulfonamides is 1. The lowest BCUT2D eigenvalue weighted by atomic mass is 10.2. The summed E-state index contributed by atoms with van der Waals surface area (Å²) < 4.78 is 32.3. The van der Waals surface area contributed by atoms with Gasteiger partial charge in [0.2, 0.25) is 10.0 Å². The Morgan fingerprint density at radius 1 is 1.00 bits per heavy atom. The lowest BCUT2D eigenvalue weighted by molar-refractivity contribution is 0.305. The molecule has 0 bridgehead atoms. The van der Waals surface area contributed by atoms with Crippen molar-refractivity contribution < 1.29 is 13.2 Å². The van der Waals surface area contributed by atoms with E-state index in [9.17, 15) is 8.42 Å². The van der Waals surface area contributed by atoms with Gasteiger partial charge in [0.15, 0.2) is 0 Å². The van der Waals surface area contributed by atoms with E-state index in [0.717, 1.165) is 22.0 Å². The first-order chi connectivity index (χ1) is 13.0. The molecule has 3 rings (SSSR count). The third kappa shape index (κ3) is 4.55. The van der Waals surface area contributed by atoms with Gasteiger partial charge in [0, 0.05) is 24.0 Å². The summed E-state index contributed by atoms with van der Waals surface area (Å²) in [6, 6.07) is 16.5. The van der Waals surface area contributed by atoms with E-state index in [0.29, 0.717) is 24.6 Å². The predicted molar refractivity (Wildman–Crippen MR) is 108 cm³/mol. The Labute approximate surface area is 164 Å². The molecule has 7 heteroatoms. The highest BCUT2D eigenvalue weighted by Crippen LogP contribution is 2.25. The molecule has 1 heterocycles. The molecule has 0 unspecified atom stereocenters. The van der Waals surface area contributed by atoms with Crippen molar-refractivity contribution in [1.29, 1.82) is 0 Å². The number of aromatic nitrogens is 1. The number of thiazole rings is 1. The van der Waals surface area contributed by atoms with Crippen molar-refractivity contribution in [2.45, 2.75) is 25.3 Å². The summed E-state index contributed by atoms with van der Waals surface area (Å²) in [4.78, 5) is 4.89. The smallest absolute Gasteiger partial charge is 0.243 e. The highest BCUT2D eigenvalue weighted by molar-refractivity contribution is 7.89. The molecule has 0 amide bonds. The van der Waals surface area contributed by atoms with Crippen molar-refractivity contribution in [2.24, 2.45) is 0 Å². The molecule has 0 fully saturated rings. The molecule has 0 aliphatic rings. The van der Waals surface area contributed by atoms with Crippen LogP contribution in [0, 0.1) is 0 Å². The summed E-state index contributed by atoms with van der Waals surface area (Å²) in [5.41, 5.74) is 1.70. The lowest BCUT2D eigenvalue weighted by Crippen LogP contribution is -2.30. The molecule has 142 valence electrons. The maximum absolute atomic E-state index is 12.6. The third-order valence-corrected chi connectivity index (χ3v) is 7.04. The largest absolute Gasteiger partial charge is 0.486 e. The van der Waals surface area contributed by atoms with Crippen molar-refractivity contribution in [3.8, 4) is 17.0 Å². The second kappa shape index (κ2) is 8.65. The van der Waals surface area contributed by atoms with E-state index in [4.69, 9.17) is 4.74 Å². The summed E-state index contributed by atoms with van der Waals surface area (Å²) in [5, 5.41) is 2.83. The highest BCUT2D eigenvalue weighted by atomic mass is 32.2. The minimum Gasteiger partial charge on any atom is -0.486 e. The fraction of sp³-hybridized carbons (Fsp3) is 0.250. The van der Waals surface area contributed by atoms with E-state index in [1.807, 2.05) is 49.6 Å². The van der Waals surface area contributed by atoms with Crippen molar-refractivity contribution >= 4 is 21.4 Å². The molecule has 3 aromatic rings. The summed E-state index contributed by atoms with van der Waals surface area (Å²) in [6.07, 6.45) is 0. The molecule has 0 saturated heterocycles. The van der Waals surface area contributed by atoms with Gasteiger partial charge in [-0.25, -0.2) is 13.4 Å². The zero-order chi connectivity index (χ0) is 19.3. The lowest BCUT2D eigenvalue weighted by Gasteiger charge is -2.18. The average molecular weight is 403 g/mol. The van der Waals surface area contributed by atoms with Crippen molar-refractivity contribution in [2.75, 3.05) is 13.1 Å². The van der Waals surface area contributed by atoms with Gasteiger partial charge in [-0.15, -0.1) is 11.3 Å². The van der Waals surface area contributed by atoms with Crippen molar-refractivity contribution in [3.05, 3.63) is 65.0 Å². The number of hydrogen-bond donors (Lipinski definition) is 0. The average Bonchev–Trinajstić information content (AvgIpc) is 3.17. The van der Waals surface area contributed by atoms with Gasteiger partial charge in [-0.1, -0.05) is 44.2 Å². The van der Waals surface area contributed by atoms with Crippen LogP contribution in [0.25, 0.3) is 11.3 Å². The Hall–Kier alpha value is -2.22. The number of ether oxygens (including phenoxy) is 1. The minimum absolute atomic E-state index is 0.304. The van der Waals surface area contributed by atoms with Gasteiger partial charge in [-0.2, -0.15) is 4.31 Å². The number of hydrogen-bond acceptors (Lipinski definition) is 5. The number of nitrogens with zero attached hydrogens (tertiary/aromatic N) is 2. The fourth-order valence-corrected chi connectivity index (χ4v) is 4.85. The van der Waals surface area contributed by atoms with Crippen LogP contribution in [0.5, 0.6) is 5.75 Å². The van der Waals surface area contributed by atoms with Crippen LogP contribution in [0.4, 0.5) is 0 Å². The van der Waals surface area contributed by atoms with Gasteiger partial charge in [0.25, 0.3) is 0 Å². The summed E-state index contributed by atoms with van der Waals surface area (Å²) in [6.45, 7) is 4.99. The van der Waals surface area contributed by atoms with Crippen molar-refractivity contribution in [1.82, 2.24) is 9.29 Å². The van der Waals surface area contributed by atoms with E-state index in [1.165, 1.54) is 15.6 Å². The van der Waals surface area contributed by atoms with Crippen LogP contribution in [0.1, 0.15) is 18.9 Å². The first kappa shape index (κ1) is 19.5. The predicted octanol–water partition coefficient (Wildman–Crippen LogP) is 4.42. The van der Waals surface area contributed by atoms with Gasteiger partial charge in [-0.05, 0) is 24.3 Å². The molecule has 1 aromatic heterocycles. The van der Waals surface area contributed by atoms with Gasteiger partial charge in [-0.3, -0.25) is 0 Å². The van der Waals surface area contributed by atoms with E-state index in [1.54, 1.807) is 24.3 Å². The normalized spacial score (nSPS) is 11.7. The Morgan fingerprint density at radius 2 is 1.67 bits per heavy atom. The Kier molecular flexibility index (Phi) is 6.26. The SMILES string of the molecule is CCN(CC)S(=O)(=O)c1ccc(-c2csc(COc3ccccc3)n2)cc1. The quantitative estimate of drug-likeness (QED) is 0.560. The van der Waals surface area contributed by atoms with E-state index in [2.05, 4.69) is 4.98 Å². The second-order valence-electron chi connectivity index (χ2n) is 5.84. The summed E-state index contributed by atoms with van der Waals surface area (Å²) in [5.74, 6) is 0.806. The van der Waals surface area contributed by atoms with Crippen molar-refractivity contribution in [3.63, 3.8) is 0 Å². The van der Waals surface area contributed by atoms with Crippen LogP contribution < -0.4 is 4.74 Å². The minimum atomic E-state index is -3.44. The number of benzene rings is 2. The molecular weight excluding hydrogens is 380 g/mol. The van der Waals surface area contributed by atoms with Gasteiger partial charge in [0.05, 0.1) is 10.6 Å². The van der Waals surface area contributed by atoms with E-state index < -0.39 is 10.0 Å². The summed E-state index contributed by atoms with van der Waals surface area (Å²) >= 11 is 1.52. The standard InChI is InChI=1S/C20H22N2O3S2/c1-3-22(4-2)27(23,24)18-12-10-16(11-13-18)19-15-26-20(21-19)14-25-17-8-6-5-7-9-17/h5-13,15H,3-4,14H2,1-2H3. The first-order valence-corrected chi connectivity index (χ1v) is 11.1. The van der Waals surface area contributed by atoms with Crippen LogP contribution in [-0.4, -0.2) is 30.8 Å². The Morgan fingerprint density at radius 3 is 2.30 bits per heavy atom. The third-order valence-electron chi connectivity index (χ3n) is 4.15. The molecule has 5 nitrogen and oxygen atoms in total. The molecule has 0 atom stereocenters. The molecule has 0 aliphatic carbocycles. The van der Waals surface area contributed by atoms with Crippen LogP contribution in [0.3, 0.4) is 0 Å². The summed E-state index contributed by atoms with van der Waals surface area (Å²) in [7, 11) is -3.44. The molecular formula is C20H22N2O3S2. The zero-order valence-electron chi connectivity index (χ0n) is 15.3. The zero-order valence-corrected chi connectivity index (χ0v) is 17.0. The Bertz CT molecular complexity index is 964. The van der Waals surface area contributed by atoms with Crippen LogP contribution in [0.15, 0.2) is 64.9 Å². The molecule has 0 N–H and O–H groups in total. The number of rotatable bonds is 8. The molecule has 0 aliphatic heterocycles. The number of para-hydroxylation sites is 1. The van der Waals surface area contributed by atoms with Gasteiger partial charge >= 0.3 is 0 Å². The van der Waals surface area contributed by atoms with E-state index in [-0.39, 0.29) is 0 Å². The van der Waals surface area contributed by atoms with Crippen LogP contribution in [0.2, 0.25) is 0 Å². The molecule has 2 aromatic carbocycles. The maximum atomic E-state index is 12.6. The fourth-order valence-electron chi connectivity index (χ4n) is 2.68. The molecule has 0 spiro atoms. The highest BCUT2D eigenvalue weighted by Gasteiger charge is 2.21. The first-order valence-electron chi connectivity index (χ1n) is 8.77. The Balaban J connectivity index is 1.72. The molecule has 27 heavy (non-hydrogen) atoms. The van der Waals surface area contributed by atoms with E-state index >= 15 is 0 Å². The van der Waals surface area contributed by atoms with Gasteiger partial charge < -0.3 is 4.74 Å². The van der Waals surface area contributed by atoms with Gasteiger partial charge in [0.1, 0.15) is 17.4 Å². The van der Waals surface area contributed by atoms with Crippen LogP contribution >= 0.6 is 11.3 Å². The second-order valence-corrected chi connectivity index (χ2v) is 8.72. The maximum Gasteiger partial charge on any atom is 0.243 e. The topological polar surface area (TPSA) is 59.5 Å². The van der Waals surface area contributed by atoms with Crippen LogP contribution in [-0.2, 0) is 16.6 Å².